The molecule has 0 saturated heterocycles. The Labute approximate surface area is 311 Å². The van der Waals surface area contributed by atoms with E-state index in [1.807, 2.05) is 132 Å². The smallest absolute Gasteiger partial charge is 0.270 e. The summed E-state index contributed by atoms with van der Waals surface area (Å²) in [4.78, 5) is 28.1. The van der Waals surface area contributed by atoms with E-state index in [0.29, 0.717) is 11.6 Å². The third kappa shape index (κ3) is 5.49. The first-order chi connectivity index (χ1) is 24.3. The van der Waals surface area contributed by atoms with E-state index in [1.165, 1.54) is 23.5 Å². The summed E-state index contributed by atoms with van der Waals surface area (Å²) in [6.07, 6.45) is 0. The molecule has 0 fully saturated rings. The first kappa shape index (κ1) is 32.6. The molecule has 0 aliphatic carbocycles. The first-order valence-corrected chi connectivity index (χ1v) is 18.5. The number of fused-ring (bicyclic) bond motifs is 4. The minimum Gasteiger partial charge on any atom is -0.312 e. The topological polar surface area (TPSA) is 89.4 Å². The summed E-state index contributed by atoms with van der Waals surface area (Å²) in [6, 6.07) is 41.2. The van der Waals surface area contributed by atoms with Crippen molar-refractivity contribution in [2.24, 2.45) is 10.2 Å². The van der Waals surface area contributed by atoms with E-state index >= 15 is 0 Å². The van der Waals surface area contributed by atoms with Crippen LogP contribution >= 0.6 is 51.1 Å². The molecule has 4 aliphatic heterocycles. The van der Waals surface area contributed by atoms with Crippen molar-refractivity contribution in [3.63, 3.8) is 0 Å². The molecular weight excluding hydrogens is 752 g/mol. The van der Waals surface area contributed by atoms with Gasteiger partial charge in [-0.15, -0.1) is 0 Å². The van der Waals surface area contributed by atoms with Gasteiger partial charge in [-0.25, -0.2) is 0 Å². The van der Waals surface area contributed by atoms with Gasteiger partial charge in [-0.2, -0.15) is 10.2 Å². The van der Waals surface area contributed by atoms with Crippen molar-refractivity contribution in [2.75, 3.05) is 16.8 Å². The zero-order chi connectivity index (χ0) is 34.5. The Kier molecular flexibility index (Phi) is 8.46. The number of rotatable bonds is 4. The molecule has 2 spiro atoms. The summed E-state index contributed by atoms with van der Waals surface area (Å²) < 4.78 is 0.948. The predicted octanol–water partition coefficient (Wildman–Crippen LogP) is 8.01. The van der Waals surface area contributed by atoms with E-state index in [-0.39, 0.29) is 11.8 Å². The minimum atomic E-state index is -0.922. The zero-order valence-corrected chi connectivity index (χ0v) is 30.5. The van der Waals surface area contributed by atoms with E-state index in [2.05, 4.69) is 37.0 Å². The third-order valence-corrected chi connectivity index (χ3v) is 12.2. The van der Waals surface area contributed by atoms with Crippen LogP contribution in [0.3, 0.4) is 0 Å². The summed E-state index contributed by atoms with van der Waals surface area (Å²) in [5, 5.41) is 11.3. The molecule has 50 heavy (non-hydrogen) atoms. The molecule has 248 valence electrons. The van der Waals surface area contributed by atoms with Gasteiger partial charge >= 0.3 is 0 Å². The highest BCUT2D eigenvalue weighted by Gasteiger charge is 2.56. The fourth-order valence-corrected chi connectivity index (χ4v) is 9.27. The van der Waals surface area contributed by atoms with Gasteiger partial charge in [-0.1, -0.05) is 142 Å². The number of halogens is 2. The maximum Gasteiger partial charge on any atom is 0.270 e. The summed E-state index contributed by atoms with van der Waals surface area (Å²) in [6.45, 7) is 0.484. The number of benzene rings is 5. The maximum atomic E-state index is 13.6. The summed E-state index contributed by atoms with van der Waals surface area (Å²) in [7, 11) is 1.80. The number of para-hydroxylation sites is 1. The van der Waals surface area contributed by atoms with Crippen molar-refractivity contribution >= 4 is 84.3 Å². The first-order valence-electron chi connectivity index (χ1n) is 15.7. The molecule has 0 aromatic heterocycles. The lowest BCUT2D eigenvalue weighted by Gasteiger charge is -2.23. The molecule has 0 saturated carbocycles. The second-order valence-electron chi connectivity index (χ2n) is 11.9. The largest absolute Gasteiger partial charge is 0.312 e. The average molecular weight is 780 g/mol. The summed E-state index contributed by atoms with van der Waals surface area (Å²) in [5.74, 6) is -0.0105. The summed E-state index contributed by atoms with van der Waals surface area (Å²) in [5.41, 5.74) is 13.0. The van der Waals surface area contributed by atoms with E-state index in [4.69, 9.17) is 11.6 Å². The number of hydrogen-bond donors (Lipinski definition) is 2. The highest BCUT2D eigenvalue weighted by Crippen LogP contribution is 2.52. The van der Waals surface area contributed by atoms with Crippen LogP contribution in [0, 0.1) is 0 Å². The van der Waals surface area contributed by atoms with Gasteiger partial charge in [-0.3, -0.25) is 20.4 Å². The van der Waals surface area contributed by atoms with Crippen LogP contribution in [0.2, 0.25) is 5.02 Å². The molecule has 2 unspecified atom stereocenters. The lowest BCUT2D eigenvalue weighted by molar-refractivity contribution is -0.121. The Morgan fingerprint density at radius 2 is 1.24 bits per heavy atom. The molecule has 9 rings (SSSR count). The second kappa shape index (κ2) is 13.0. The van der Waals surface area contributed by atoms with Gasteiger partial charge in [0, 0.05) is 38.8 Å². The van der Waals surface area contributed by atoms with Crippen molar-refractivity contribution in [3.05, 3.63) is 165 Å². The van der Waals surface area contributed by atoms with Crippen molar-refractivity contribution in [3.8, 4) is 0 Å². The number of carbonyl (C=O) groups is 2. The van der Waals surface area contributed by atoms with Crippen molar-refractivity contribution in [1.82, 2.24) is 10.9 Å². The monoisotopic (exact) mass is 778 g/mol. The van der Waals surface area contributed by atoms with Crippen LogP contribution in [0.5, 0.6) is 0 Å². The van der Waals surface area contributed by atoms with E-state index in [9.17, 15) is 9.59 Å². The Bertz CT molecular complexity index is 2200. The quantitative estimate of drug-likeness (QED) is 0.192. The lowest BCUT2D eigenvalue weighted by Crippen LogP contribution is -2.44. The zero-order valence-electron chi connectivity index (χ0n) is 26.5. The molecule has 0 radical (unpaired) electrons. The number of nitrogens with one attached hydrogen (secondary N) is 2. The minimum absolute atomic E-state index is 0.000260. The Morgan fingerprint density at radius 1 is 0.680 bits per heavy atom. The maximum absolute atomic E-state index is 13.6. The van der Waals surface area contributed by atoms with Gasteiger partial charge in [-0.05, 0) is 42.0 Å². The number of hydrazone groups is 2. The molecule has 2 amide bonds. The molecule has 4 aliphatic rings. The number of anilines is 2. The van der Waals surface area contributed by atoms with Crippen molar-refractivity contribution < 1.29 is 9.59 Å². The fourth-order valence-electron chi connectivity index (χ4n) is 6.36. The molecule has 12 heteroatoms. The van der Waals surface area contributed by atoms with Gasteiger partial charge in [0.2, 0.25) is 9.74 Å². The SMILES string of the molecule is CN1C(=O)C2(NN=C(c3ccccc3)S2)c2cc(Br)ccc21.O=C1N(Cc2ccc(Cl)cc2)c2ccccc2C12NN=C(c1ccccc1)S2. The molecule has 2 atom stereocenters. The van der Waals surface area contributed by atoms with E-state index in [0.717, 1.165) is 53.8 Å². The number of amides is 2. The van der Waals surface area contributed by atoms with Crippen LogP contribution in [0.1, 0.15) is 27.8 Å². The van der Waals surface area contributed by atoms with Gasteiger partial charge in [0.25, 0.3) is 11.8 Å². The highest BCUT2D eigenvalue weighted by molar-refractivity contribution is 9.10. The van der Waals surface area contributed by atoms with Gasteiger partial charge < -0.3 is 9.80 Å². The molecule has 4 heterocycles. The van der Waals surface area contributed by atoms with Gasteiger partial charge in [0.05, 0.1) is 17.9 Å². The van der Waals surface area contributed by atoms with Crippen LogP contribution in [0.25, 0.3) is 0 Å². The van der Waals surface area contributed by atoms with Crippen LogP contribution in [0.15, 0.2) is 142 Å². The molecule has 5 aromatic rings. The lowest BCUT2D eigenvalue weighted by atomic mass is 10.1. The van der Waals surface area contributed by atoms with Crippen LogP contribution in [0.4, 0.5) is 11.4 Å². The Morgan fingerprint density at radius 3 is 1.86 bits per heavy atom. The predicted molar refractivity (Wildman–Crippen MR) is 207 cm³/mol. The third-order valence-electron chi connectivity index (χ3n) is 8.85. The van der Waals surface area contributed by atoms with Crippen molar-refractivity contribution in [2.45, 2.75) is 16.3 Å². The Balaban J connectivity index is 0.000000149. The van der Waals surface area contributed by atoms with Gasteiger partial charge in [0.1, 0.15) is 10.1 Å². The molecule has 5 aromatic carbocycles. The number of carbonyl (C=O) groups excluding carboxylic acids is 2. The van der Waals surface area contributed by atoms with Crippen LogP contribution in [-0.4, -0.2) is 28.9 Å². The van der Waals surface area contributed by atoms with E-state index in [1.54, 1.807) is 11.9 Å². The van der Waals surface area contributed by atoms with Crippen molar-refractivity contribution in [1.29, 1.82) is 0 Å². The highest BCUT2D eigenvalue weighted by atomic mass is 79.9. The summed E-state index contributed by atoms with van der Waals surface area (Å²) >= 11 is 12.4. The van der Waals surface area contributed by atoms with Gasteiger partial charge in [0.15, 0.2) is 0 Å². The number of thioether (sulfide) groups is 2. The van der Waals surface area contributed by atoms with Crippen LogP contribution in [-0.2, 0) is 25.9 Å². The second-order valence-corrected chi connectivity index (χ2v) is 15.7. The standard InChI is InChI=1S/C22H16ClN3OS.C16H12BrN3OS/c23-17-12-10-15(11-13-17)14-26-19-9-5-4-8-18(19)22(21(26)27)25-24-20(28-22)16-6-2-1-3-7-16;1-20-13-8-7-11(17)9-12(13)16(15(20)21)19-18-14(22-16)10-5-3-2-4-6-10/h1-13,25H,14H2;2-9,19H,1H3. The molecule has 0 bridgehead atoms. The average Bonchev–Trinajstić information content (AvgIpc) is 3.90. The molecular formula is C38H28BrClN6O2S2. The Hall–Kier alpha value is -4.55. The number of likely N-dealkylation sites (N-methyl/N-ethyl adjacent to an activating group) is 1. The number of hydrogen-bond acceptors (Lipinski definition) is 8. The molecule has 2 N–H and O–H groups in total. The fraction of sp³-hybridized carbons (Fsp3) is 0.105. The van der Waals surface area contributed by atoms with Crippen LogP contribution < -0.4 is 20.7 Å². The molecule has 8 nitrogen and oxygen atoms in total. The normalized spacial score (nSPS) is 21.3. The number of nitrogens with zero attached hydrogens (tertiary/aromatic N) is 4. The van der Waals surface area contributed by atoms with E-state index < -0.39 is 9.74 Å².